The van der Waals surface area contributed by atoms with E-state index in [1.807, 2.05) is 84.9 Å². The number of rotatable bonds is 13. The van der Waals surface area contributed by atoms with Gasteiger partial charge < -0.3 is 31.8 Å². The van der Waals surface area contributed by atoms with Crippen LogP contribution in [0.5, 0.6) is 0 Å². The summed E-state index contributed by atoms with van der Waals surface area (Å²) in [5.74, 6) is -2.96. The van der Waals surface area contributed by atoms with Crippen LogP contribution < -0.4 is 21.7 Å². The summed E-state index contributed by atoms with van der Waals surface area (Å²) in [7, 11) is 0. The Kier molecular flexibility index (Phi) is 10.1. The average molecular weight is 570 g/mol. The van der Waals surface area contributed by atoms with Gasteiger partial charge in [-0.05, 0) is 29.7 Å². The second-order valence-electron chi connectivity index (χ2n) is 10.3. The maximum Gasteiger partial charge on any atom is 0.326 e. The Bertz CT molecular complexity index is 1520. The van der Waals surface area contributed by atoms with Gasteiger partial charge in [-0.15, -0.1) is 0 Å². The predicted octanol–water partition coefficient (Wildman–Crippen LogP) is 2.08. The predicted molar refractivity (Wildman–Crippen MR) is 159 cm³/mol. The number of amides is 3. The zero-order valence-electron chi connectivity index (χ0n) is 23.2. The van der Waals surface area contributed by atoms with Crippen molar-refractivity contribution in [3.8, 4) is 0 Å². The summed E-state index contributed by atoms with van der Waals surface area (Å²) in [6, 6.07) is 21.5. The molecule has 0 aliphatic rings. The molecular weight excluding hydrogens is 534 g/mol. The quantitative estimate of drug-likeness (QED) is 0.144. The largest absolute Gasteiger partial charge is 0.480 e. The number of fused-ring (bicyclic) bond motifs is 1. The maximum absolute atomic E-state index is 13.6. The van der Waals surface area contributed by atoms with Crippen LogP contribution in [0.25, 0.3) is 10.9 Å². The number of hydrogen-bond acceptors (Lipinski definition) is 5. The standard InChI is InChI=1S/C32H35N5O5/c1-20(33)29(38)35-26(16-21-10-4-2-5-11-21)30(39)36-27(17-22-12-6-3-7-13-22)31(40)37-28(32(41)42)18-23-19-34-25-15-9-8-14-24(23)25/h2-15,19-20,26-28,34H,16-18,33H2,1H3,(H,35,38)(H,36,39)(H,37,40)(H,41,42). The fraction of sp³-hybridized carbons (Fsp3) is 0.250. The van der Waals surface area contributed by atoms with Gasteiger partial charge in [-0.25, -0.2) is 4.79 Å². The zero-order valence-corrected chi connectivity index (χ0v) is 23.2. The number of nitrogens with two attached hydrogens (primary N) is 1. The average Bonchev–Trinajstić information content (AvgIpc) is 3.39. The Morgan fingerprint density at radius 2 is 1.17 bits per heavy atom. The molecule has 218 valence electrons. The maximum atomic E-state index is 13.6. The van der Waals surface area contributed by atoms with Crippen molar-refractivity contribution >= 4 is 34.6 Å². The van der Waals surface area contributed by atoms with Crippen LogP contribution in [0, 0.1) is 0 Å². The number of hydrogen-bond donors (Lipinski definition) is 6. The Morgan fingerprint density at radius 3 is 1.69 bits per heavy atom. The van der Waals surface area contributed by atoms with Gasteiger partial charge in [0.1, 0.15) is 18.1 Å². The van der Waals surface area contributed by atoms with Gasteiger partial charge in [-0.1, -0.05) is 78.9 Å². The smallest absolute Gasteiger partial charge is 0.326 e. The molecule has 10 nitrogen and oxygen atoms in total. The van der Waals surface area contributed by atoms with Gasteiger partial charge in [0, 0.05) is 36.4 Å². The highest BCUT2D eigenvalue weighted by Crippen LogP contribution is 2.19. The number of aromatic amines is 1. The van der Waals surface area contributed by atoms with Crippen molar-refractivity contribution in [1.29, 1.82) is 0 Å². The highest BCUT2D eigenvalue weighted by molar-refractivity contribution is 5.94. The molecule has 7 N–H and O–H groups in total. The van der Waals surface area contributed by atoms with E-state index in [2.05, 4.69) is 20.9 Å². The van der Waals surface area contributed by atoms with E-state index in [9.17, 15) is 24.3 Å². The molecule has 4 unspecified atom stereocenters. The van der Waals surface area contributed by atoms with Gasteiger partial charge in [0.15, 0.2) is 0 Å². The van der Waals surface area contributed by atoms with E-state index in [0.717, 1.165) is 27.6 Å². The van der Waals surface area contributed by atoms with Gasteiger partial charge in [0.2, 0.25) is 17.7 Å². The normalized spacial score (nSPS) is 13.9. The lowest BCUT2D eigenvalue weighted by molar-refractivity contribution is -0.142. The number of benzene rings is 3. The number of nitrogens with one attached hydrogen (secondary N) is 4. The molecule has 0 aliphatic heterocycles. The molecule has 0 aliphatic carbocycles. The Labute approximate surface area is 243 Å². The molecular formula is C32H35N5O5. The molecule has 4 aromatic rings. The summed E-state index contributed by atoms with van der Waals surface area (Å²) >= 11 is 0. The van der Waals surface area contributed by atoms with Crippen LogP contribution in [0.3, 0.4) is 0 Å². The van der Waals surface area contributed by atoms with E-state index in [-0.39, 0.29) is 19.3 Å². The Balaban J connectivity index is 1.55. The van der Waals surface area contributed by atoms with E-state index in [1.165, 1.54) is 6.92 Å². The van der Waals surface area contributed by atoms with Crippen LogP contribution >= 0.6 is 0 Å². The van der Waals surface area contributed by atoms with Crippen molar-refractivity contribution in [2.45, 2.75) is 50.4 Å². The van der Waals surface area contributed by atoms with Crippen molar-refractivity contribution in [2.24, 2.45) is 5.73 Å². The molecule has 0 saturated heterocycles. The number of para-hydroxylation sites is 1. The second-order valence-corrected chi connectivity index (χ2v) is 10.3. The number of carboxylic acids is 1. The minimum Gasteiger partial charge on any atom is -0.480 e. The Morgan fingerprint density at radius 1 is 0.690 bits per heavy atom. The third-order valence-electron chi connectivity index (χ3n) is 6.96. The van der Waals surface area contributed by atoms with Crippen molar-refractivity contribution < 1.29 is 24.3 Å². The lowest BCUT2D eigenvalue weighted by Crippen LogP contribution is -2.58. The summed E-state index contributed by atoms with van der Waals surface area (Å²) < 4.78 is 0. The third-order valence-corrected chi connectivity index (χ3v) is 6.96. The van der Waals surface area contributed by atoms with Crippen LogP contribution in [0.2, 0.25) is 0 Å². The van der Waals surface area contributed by atoms with Gasteiger partial charge in [0.05, 0.1) is 6.04 Å². The first kappa shape index (κ1) is 30.0. The molecule has 0 saturated carbocycles. The van der Waals surface area contributed by atoms with Crippen LogP contribution in [-0.2, 0) is 38.4 Å². The highest BCUT2D eigenvalue weighted by atomic mass is 16.4. The van der Waals surface area contributed by atoms with Gasteiger partial charge in [0.25, 0.3) is 0 Å². The topological polar surface area (TPSA) is 166 Å². The van der Waals surface area contributed by atoms with Crippen LogP contribution in [0.1, 0.15) is 23.6 Å². The van der Waals surface area contributed by atoms with E-state index in [1.54, 1.807) is 6.20 Å². The molecule has 4 atom stereocenters. The number of carboxylic acid groups (broad SMARTS) is 1. The molecule has 0 fully saturated rings. The molecule has 0 radical (unpaired) electrons. The van der Waals surface area contributed by atoms with E-state index in [4.69, 9.17) is 5.73 Å². The number of carbonyl (C=O) groups is 4. The van der Waals surface area contributed by atoms with Crippen molar-refractivity contribution in [3.05, 3.63) is 108 Å². The molecule has 0 bridgehead atoms. The summed E-state index contributed by atoms with van der Waals surface area (Å²) in [6.45, 7) is 1.51. The molecule has 0 spiro atoms. The molecule has 1 heterocycles. The Hall–Kier alpha value is -4.96. The summed E-state index contributed by atoms with van der Waals surface area (Å²) in [5, 5.41) is 18.9. The zero-order chi connectivity index (χ0) is 30.1. The first-order valence-corrected chi connectivity index (χ1v) is 13.7. The van der Waals surface area contributed by atoms with Crippen molar-refractivity contribution in [3.63, 3.8) is 0 Å². The van der Waals surface area contributed by atoms with E-state index < -0.39 is 47.9 Å². The molecule has 1 aromatic heterocycles. The minimum absolute atomic E-state index is 0.0398. The fourth-order valence-corrected chi connectivity index (χ4v) is 4.69. The van der Waals surface area contributed by atoms with Gasteiger partial charge in [-0.3, -0.25) is 14.4 Å². The van der Waals surface area contributed by atoms with E-state index >= 15 is 0 Å². The lowest BCUT2D eigenvalue weighted by Gasteiger charge is -2.25. The molecule has 3 aromatic carbocycles. The second kappa shape index (κ2) is 14.1. The first-order valence-electron chi connectivity index (χ1n) is 13.7. The molecule has 42 heavy (non-hydrogen) atoms. The van der Waals surface area contributed by atoms with E-state index in [0.29, 0.717) is 0 Å². The highest BCUT2D eigenvalue weighted by Gasteiger charge is 2.30. The number of aliphatic carboxylic acids is 1. The van der Waals surface area contributed by atoms with Crippen molar-refractivity contribution in [1.82, 2.24) is 20.9 Å². The monoisotopic (exact) mass is 569 g/mol. The summed E-state index contributed by atoms with van der Waals surface area (Å²) in [5.41, 5.74) is 8.90. The first-order chi connectivity index (χ1) is 20.2. The third kappa shape index (κ3) is 8.05. The fourth-order valence-electron chi connectivity index (χ4n) is 4.69. The summed E-state index contributed by atoms with van der Waals surface area (Å²) in [4.78, 5) is 55.0. The van der Waals surface area contributed by atoms with Crippen molar-refractivity contribution in [2.75, 3.05) is 0 Å². The molecule has 3 amide bonds. The summed E-state index contributed by atoms with van der Waals surface area (Å²) in [6.07, 6.45) is 2.05. The lowest BCUT2D eigenvalue weighted by atomic mass is 10.0. The molecule has 10 heteroatoms. The van der Waals surface area contributed by atoms with Crippen LogP contribution in [0.4, 0.5) is 0 Å². The number of aromatic nitrogens is 1. The van der Waals surface area contributed by atoms with Crippen LogP contribution in [-0.4, -0.2) is 57.9 Å². The molecule has 4 rings (SSSR count). The van der Waals surface area contributed by atoms with Gasteiger partial charge >= 0.3 is 5.97 Å². The number of carbonyl (C=O) groups excluding carboxylic acids is 3. The van der Waals surface area contributed by atoms with Crippen LogP contribution in [0.15, 0.2) is 91.1 Å². The van der Waals surface area contributed by atoms with Gasteiger partial charge in [-0.2, -0.15) is 0 Å². The SMILES string of the molecule is CC(N)C(=O)NC(Cc1ccccc1)C(=O)NC(Cc1ccccc1)C(=O)NC(Cc1c[nH]c2ccccc12)C(=O)O. The number of H-pyrrole nitrogens is 1. The minimum atomic E-state index is -1.25.